The van der Waals surface area contributed by atoms with Gasteiger partial charge in [-0.3, -0.25) is 14.7 Å². The molecule has 6 heteroatoms. The molecular formula is C12H17N3O3. The quantitative estimate of drug-likeness (QED) is 0.796. The molecule has 0 aromatic carbocycles. The van der Waals surface area contributed by atoms with Gasteiger partial charge in [-0.2, -0.15) is 5.10 Å². The van der Waals surface area contributed by atoms with Crippen LogP contribution in [0.5, 0.6) is 0 Å². The molecule has 98 valence electrons. The van der Waals surface area contributed by atoms with E-state index in [9.17, 15) is 9.59 Å². The molecule has 0 radical (unpaired) electrons. The molecule has 0 saturated heterocycles. The number of hydrogen-bond donors (Lipinski definition) is 2. The highest BCUT2D eigenvalue weighted by molar-refractivity contribution is 5.94. The van der Waals surface area contributed by atoms with Gasteiger partial charge in [0.1, 0.15) is 12.2 Å². The van der Waals surface area contributed by atoms with E-state index >= 15 is 0 Å². The Balaban J connectivity index is 2.07. The number of H-pyrrole nitrogens is 1. The minimum atomic E-state index is -1.00. The average Bonchev–Trinajstić information content (AvgIpc) is 3.05. The SMILES string of the molecule is CCCN(CC(=O)O)C(=O)c1cc(C2CC2)[nH]n1. The topological polar surface area (TPSA) is 86.3 Å². The van der Waals surface area contributed by atoms with E-state index in [1.807, 2.05) is 6.92 Å². The van der Waals surface area contributed by atoms with Crippen LogP contribution < -0.4 is 0 Å². The number of aromatic nitrogens is 2. The first-order valence-corrected chi connectivity index (χ1v) is 6.18. The molecule has 6 nitrogen and oxygen atoms in total. The van der Waals surface area contributed by atoms with Crippen LogP contribution in [0, 0.1) is 0 Å². The summed E-state index contributed by atoms with van der Waals surface area (Å²) < 4.78 is 0. The standard InChI is InChI=1S/C12H17N3O3/c1-2-5-15(7-11(16)17)12(18)10-6-9(13-14-10)8-3-4-8/h6,8H,2-5,7H2,1H3,(H,13,14)(H,16,17). The van der Waals surface area contributed by atoms with E-state index in [0.717, 1.165) is 25.0 Å². The first-order chi connectivity index (χ1) is 8.61. The van der Waals surface area contributed by atoms with Crippen LogP contribution in [0.15, 0.2) is 6.07 Å². The van der Waals surface area contributed by atoms with E-state index in [4.69, 9.17) is 5.11 Å². The molecule has 1 heterocycles. The third-order valence-electron chi connectivity index (χ3n) is 2.94. The van der Waals surface area contributed by atoms with Crippen molar-refractivity contribution in [1.29, 1.82) is 0 Å². The van der Waals surface area contributed by atoms with Gasteiger partial charge < -0.3 is 10.0 Å². The van der Waals surface area contributed by atoms with Crippen LogP contribution in [0.1, 0.15) is 48.3 Å². The second kappa shape index (κ2) is 5.20. The summed E-state index contributed by atoms with van der Waals surface area (Å²) in [6, 6.07) is 1.74. The van der Waals surface area contributed by atoms with Gasteiger partial charge in [0.15, 0.2) is 0 Å². The predicted octanol–water partition coefficient (Wildman–Crippen LogP) is 1.22. The van der Waals surface area contributed by atoms with Gasteiger partial charge in [0.25, 0.3) is 5.91 Å². The Kier molecular flexibility index (Phi) is 3.64. The van der Waals surface area contributed by atoms with Crippen molar-refractivity contribution in [1.82, 2.24) is 15.1 Å². The molecule has 1 amide bonds. The van der Waals surface area contributed by atoms with Gasteiger partial charge in [0.05, 0.1) is 0 Å². The fourth-order valence-electron chi connectivity index (χ4n) is 1.90. The summed E-state index contributed by atoms with van der Waals surface area (Å²) in [6.07, 6.45) is 2.98. The first kappa shape index (κ1) is 12.6. The Labute approximate surface area is 105 Å². The number of carboxylic acids is 1. The third-order valence-corrected chi connectivity index (χ3v) is 2.94. The van der Waals surface area contributed by atoms with E-state index in [0.29, 0.717) is 18.2 Å². The number of aromatic amines is 1. The zero-order valence-corrected chi connectivity index (χ0v) is 10.3. The Bertz CT molecular complexity index is 451. The van der Waals surface area contributed by atoms with E-state index < -0.39 is 5.97 Å². The maximum atomic E-state index is 12.1. The highest BCUT2D eigenvalue weighted by atomic mass is 16.4. The van der Waals surface area contributed by atoms with E-state index in [2.05, 4.69) is 10.2 Å². The Morgan fingerprint density at radius 3 is 2.83 bits per heavy atom. The number of aliphatic carboxylic acids is 1. The highest BCUT2D eigenvalue weighted by Gasteiger charge is 2.27. The van der Waals surface area contributed by atoms with Crippen LogP contribution in [0.3, 0.4) is 0 Å². The third kappa shape index (κ3) is 2.88. The van der Waals surface area contributed by atoms with Crippen molar-refractivity contribution in [2.24, 2.45) is 0 Å². The fourth-order valence-corrected chi connectivity index (χ4v) is 1.90. The summed E-state index contributed by atoms with van der Waals surface area (Å²) >= 11 is 0. The van der Waals surface area contributed by atoms with Gasteiger partial charge in [-0.1, -0.05) is 6.92 Å². The molecule has 0 spiro atoms. The molecule has 1 aromatic heterocycles. The smallest absolute Gasteiger partial charge is 0.323 e. The van der Waals surface area contributed by atoms with E-state index in [1.54, 1.807) is 6.07 Å². The number of nitrogens with zero attached hydrogens (tertiary/aromatic N) is 2. The number of amides is 1. The normalized spacial score (nSPS) is 14.5. The van der Waals surface area contributed by atoms with Gasteiger partial charge in [-0.15, -0.1) is 0 Å². The molecule has 0 bridgehead atoms. The Morgan fingerprint density at radius 2 is 2.28 bits per heavy atom. The zero-order valence-electron chi connectivity index (χ0n) is 10.3. The summed E-state index contributed by atoms with van der Waals surface area (Å²) in [6.45, 7) is 2.05. The average molecular weight is 251 g/mol. The molecule has 18 heavy (non-hydrogen) atoms. The first-order valence-electron chi connectivity index (χ1n) is 6.18. The van der Waals surface area contributed by atoms with Crippen molar-refractivity contribution in [3.63, 3.8) is 0 Å². The number of nitrogens with one attached hydrogen (secondary N) is 1. The summed E-state index contributed by atoms with van der Waals surface area (Å²) in [5, 5.41) is 15.6. The Hall–Kier alpha value is -1.85. The van der Waals surface area contributed by atoms with Gasteiger partial charge in [0.2, 0.25) is 0 Å². The van der Waals surface area contributed by atoms with Crippen molar-refractivity contribution in [3.8, 4) is 0 Å². The molecule has 2 N–H and O–H groups in total. The maximum absolute atomic E-state index is 12.1. The molecule has 0 unspecified atom stereocenters. The van der Waals surface area contributed by atoms with Crippen molar-refractivity contribution in [3.05, 3.63) is 17.5 Å². The second-order valence-corrected chi connectivity index (χ2v) is 4.60. The summed E-state index contributed by atoms with van der Waals surface area (Å²) in [4.78, 5) is 24.1. The number of hydrogen-bond acceptors (Lipinski definition) is 3. The Morgan fingerprint density at radius 1 is 1.56 bits per heavy atom. The van der Waals surface area contributed by atoms with Gasteiger partial charge in [-0.25, -0.2) is 0 Å². The lowest BCUT2D eigenvalue weighted by Crippen LogP contribution is -2.36. The van der Waals surface area contributed by atoms with Gasteiger partial charge in [-0.05, 0) is 25.3 Å². The fraction of sp³-hybridized carbons (Fsp3) is 0.583. The van der Waals surface area contributed by atoms with Crippen LogP contribution in [0.25, 0.3) is 0 Å². The van der Waals surface area contributed by atoms with Crippen molar-refractivity contribution < 1.29 is 14.7 Å². The lowest BCUT2D eigenvalue weighted by atomic mass is 10.2. The summed E-state index contributed by atoms with van der Waals surface area (Å²) in [5.41, 5.74) is 1.29. The van der Waals surface area contributed by atoms with Crippen molar-refractivity contribution in [2.75, 3.05) is 13.1 Å². The second-order valence-electron chi connectivity index (χ2n) is 4.60. The lowest BCUT2D eigenvalue weighted by molar-refractivity contribution is -0.137. The van der Waals surface area contributed by atoms with E-state index in [-0.39, 0.29) is 12.5 Å². The minimum Gasteiger partial charge on any atom is -0.480 e. The predicted molar refractivity (Wildman–Crippen MR) is 64.4 cm³/mol. The highest BCUT2D eigenvalue weighted by Crippen LogP contribution is 2.39. The maximum Gasteiger partial charge on any atom is 0.323 e. The summed E-state index contributed by atoms with van der Waals surface area (Å²) in [7, 11) is 0. The largest absolute Gasteiger partial charge is 0.480 e. The van der Waals surface area contributed by atoms with Gasteiger partial charge >= 0.3 is 5.97 Å². The van der Waals surface area contributed by atoms with Crippen LogP contribution in [0.2, 0.25) is 0 Å². The molecule has 1 aromatic rings. The number of carbonyl (C=O) groups excluding carboxylic acids is 1. The monoisotopic (exact) mass is 251 g/mol. The summed E-state index contributed by atoms with van der Waals surface area (Å²) in [5.74, 6) is -0.824. The molecule has 1 aliphatic rings. The van der Waals surface area contributed by atoms with Crippen LogP contribution in [-0.4, -0.2) is 45.2 Å². The van der Waals surface area contributed by atoms with Crippen LogP contribution in [0.4, 0.5) is 0 Å². The molecule has 0 aliphatic heterocycles. The number of rotatable bonds is 6. The molecule has 0 atom stereocenters. The van der Waals surface area contributed by atoms with Crippen molar-refractivity contribution in [2.45, 2.75) is 32.1 Å². The minimum absolute atomic E-state index is 0.279. The number of carboxylic acid groups (broad SMARTS) is 1. The van der Waals surface area contributed by atoms with Crippen molar-refractivity contribution >= 4 is 11.9 Å². The van der Waals surface area contributed by atoms with Crippen LogP contribution in [-0.2, 0) is 4.79 Å². The molecular weight excluding hydrogens is 234 g/mol. The molecule has 2 rings (SSSR count). The number of carbonyl (C=O) groups is 2. The lowest BCUT2D eigenvalue weighted by Gasteiger charge is -2.18. The van der Waals surface area contributed by atoms with Gasteiger partial charge in [0, 0.05) is 18.2 Å². The molecule has 1 aliphatic carbocycles. The molecule has 1 saturated carbocycles. The van der Waals surface area contributed by atoms with E-state index in [1.165, 1.54) is 4.90 Å². The van der Waals surface area contributed by atoms with Crippen LogP contribution >= 0.6 is 0 Å². The zero-order chi connectivity index (χ0) is 13.1. The molecule has 1 fully saturated rings.